The van der Waals surface area contributed by atoms with Gasteiger partial charge >= 0.3 is 5.97 Å². The molecule has 9 nitrogen and oxygen atoms in total. The monoisotopic (exact) mass is 424 g/mol. The molecule has 0 aliphatic heterocycles. The topological polar surface area (TPSA) is 104 Å². The largest absolute Gasteiger partial charge is 0.459 e. The van der Waals surface area contributed by atoms with Crippen molar-refractivity contribution in [1.29, 1.82) is 0 Å². The van der Waals surface area contributed by atoms with Crippen LogP contribution in [-0.2, 0) is 22.6 Å². The molecule has 0 aromatic carbocycles. The maximum absolute atomic E-state index is 12.5. The molecule has 0 aliphatic rings. The predicted molar refractivity (Wildman–Crippen MR) is 112 cm³/mol. The van der Waals surface area contributed by atoms with Crippen molar-refractivity contribution < 1.29 is 9.53 Å². The number of thioether (sulfide) groups is 1. The fraction of sp³-hybridized carbons (Fsp3) is 0.300. The fourth-order valence-corrected chi connectivity index (χ4v) is 3.60. The van der Waals surface area contributed by atoms with E-state index >= 15 is 0 Å². The number of aromatic nitrogens is 6. The third kappa shape index (κ3) is 3.65. The first-order chi connectivity index (χ1) is 14.4. The van der Waals surface area contributed by atoms with Gasteiger partial charge in [0.25, 0.3) is 11.3 Å². The first-order valence-corrected chi connectivity index (χ1v) is 10.5. The lowest BCUT2D eigenvalue weighted by Gasteiger charge is -2.10. The second-order valence-electron chi connectivity index (χ2n) is 6.88. The highest BCUT2D eigenvalue weighted by atomic mass is 32.2. The maximum Gasteiger partial charge on any atom is 0.310 e. The van der Waals surface area contributed by atoms with E-state index in [9.17, 15) is 9.59 Å². The highest BCUT2D eigenvalue weighted by Crippen LogP contribution is 2.17. The molecule has 4 aromatic heterocycles. The van der Waals surface area contributed by atoms with Gasteiger partial charge in [-0.2, -0.15) is 4.98 Å². The minimum atomic E-state index is -0.431. The molecule has 0 amide bonds. The lowest BCUT2D eigenvalue weighted by Crippen LogP contribution is -2.18. The molecule has 0 fully saturated rings. The maximum atomic E-state index is 12.5. The molecule has 0 N–H and O–H groups in total. The molecule has 0 spiro atoms. The van der Waals surface area contributed by atoms with E-state index in [-0.39, 0.29) is 18.6 Å². The van der Waals surface area contributed by atoms with Crippen LogP contribution >= 0.6 is 11.8 Å². The summed E-state index contributed by atoms with van der Waals surface area (Å²) in [4.78, 5) is 38.0. The Bertz CT molecular complexity index is 1340. The molecule has 4 aromatic rings. The average molecular weight is 424 g/mol. The first kappa shape index (κ1) is 20.0. The second kappa shape index (κ2) is 7.86. The van der Waals surface area contributed by atoms with E-state index in [4.69, 9.17) is 4.74 Å². The van der Waals surface area contributed by atoms with Crippen LogP contribution in [0.5, 0.6) is 0 Å². The minimum Gasteiger partial charge on any atom is -0.459 e. The summed E-state index contributed by atoms with van der Waals surface area (Å²) >= 11 is 1.43. The van der Waals surface area contributed by atoms with Crippen molar-refractivity contribution >= 4 is 29.2 Å². The number of pyridine rings is 1. The van der Waals surface area contributed by atoms with Gasteiger partial charge < -0.3 is 4.74 Å². The smallest absolute Gasteiger partial charge is 0.310 e. The van der Waals surface area contributed by atoms with Crippen molar-refractivity contribution in [1.82, 2.24) is 29.0 Å². The van der Waals surface area contributed by atoms with Gasteiger partial charge in [-0.1, -0.05) is 17.8 Å². The zero-order valence-corrected chi connectivity index (χ0v) is 17.9. The number of hydrogen-bond acceptors (Lipinski definition) is 8. The summed E-state index contributed by atoms with van der Waals surface area (Å²) in [5.74, 6) is 0.0713. The van der Waals surface area contributed by atoms with Crippen molar-refractivity contribution in [3.63, 3.8) is 0 Å². The van der Waals surface area contributed by atoms with Crippen LogP contribution in [0.25, 0.3) is 11.4 Å². The van der Waals surface area contributed by atoms with Gasteiger partial charge in [0.1, 0.15) is 12.3 Å². The molecule has 0 radical (unpaired) electrons. The third-order valence-corrected chi connectivity index (χ3v) is 5.39. The van der Waals surface area contributed by atoms with E-state index in [1.807, 2.05) is 33.1 Å². The Balaban J connectivity index is 1.54. The summed E-state index contributed by atoms with van der Waals surface area (Å²) in [6, 6.07) is 5.04. The fourth-order valence-electron chi connectivity index (χ4n) is 3.26. The zero-order valence-electron chi connectivity index (χ0n) is 17.0. The van der Waals surface area contributed by atoms with Gasteiger partial charge in [-0.3, -0.25) is 14.0 Å². The van der Waals surface area contributed by atoms with Crippen LogP contribution in [0, 0.1) is 20.8 Å². The van der Waals surface area contributed by atoms with E-state index in [1.165, 1.54) is 22.2 Å². The molecule has 0 bridgehead atoms. The summed E-state index contributed by atoms with van der Waals surface area (Å²) in [6.45, 7) is 5.50. The minimum absolute atomic E-state index is 0.0423. The third-order valence-electron chi connectivity index (χ3n) is 4.85. The van der Waals surface area contributed by atoms with Gasteiger partial charge in [0.05, 0.1) is 12.1 Å². The molecule has 154 valence electrons. The van der Waals surface area contributed by atoms with Crippen LogP contribution < -0.4 is 5.56 Å². The molecule has 0 aliphatic carbocycles. The van der Waals surface area contributed by atoms with E-state index in [0.717, 1.165) is 16.8 Å². The molecule has 0 saturated heterocycles. The highest BCUT2D eigenvalue weighted by molar-refractivity contribution is 7.98. The lowest BCUT2D eigenvalue weighted by atomic mass is 10.1. The van der Waals surface area contributed by atoms with Crippen LogP contribution in [0.3, 0.4) is 0 Å². The highest BCUT2D eigenvalue weighted by Gasteiger charge is 2.17. The summed E-state index contributed by atoms with van der Waals surface area (Å²) in [5, 5.41) is 5.01. The van der Waals surface area contributed by atoms with Crippen molar-refractivity contribution in [3.8, 4) is 0 Å². The lowest BCUT2D eigenvalue weighted by molar-refractivity contribution is -0.144. The molecule has 0 unspecified atom stereocenters. The van der Waals surface area contributed by atoms with Gasteiger partial charge in [0, 0.05) is 29.2 Å². The van der Waals surface area contributed by atoms with Crippen molar-refractivity contribution in [2.24, 2.45) is 0 Å². The zero-order chi connectivity index (χ0) is 21.4. The van der Waals surface area contributed by atoms with Gasteiger partial charge in [-0.05, 0) is 38.7 Å². The number of fused-ring (bicyclic) bond motifs is 2. The molecule has 4 rings (SSSR count). The number of rotatable bonds is 5. The standard InChI is InChI=1S/C20H20N6O3S/c1-11-6-5-7-25-16(27)8-14(22-18(11)25)10-29-17(28)9-15-12(2)21-19-23-20(30-4)24-26(19)13(15)3/h5-8H,9-10H2,1-4H3. The predicted octanol–water partition coefficient (Wildman–Crippen LogP) is 2.07. The van der Waals surface area contributed by atoms with Crippen molar-refractivity contribution in [2.45, 2.75) is 39.0 Å². The molecular formula is C20H20N6O3S. The first-order valence-electron chi connectivity index (χ1n) is 9.27. The Morgan fingerprint density at radius 3 is 2.77 bits per heavy atom. The molecule has 30 heavy (non-hydrogen) atoms. The molecule has 4 heterocycles. The Labute approximate surface area is 176 Å². The molecular weight excluding hydrogens is 404 g/mol. The van der Waals surface area contributed by atoms with Gasteiger partial charge in [0.2, 0.25) is 5.16 Å². The summed E-state index contributed by atoms with van der Waals surface area (Å²) < 4.78 is 8.50. The SMILES string of the molecule is CSc1nc2nc(C)c(CC(=O)OCc3cc(=O)n4cccc(C)c4n3)c(C)n2n1. The summed E-state index contributed by atoms with van der Waals surface area (Å²) in [5.41, 5.74) is 3.85. The molecule has 10 heteroatoms. The quantitative estimate of drug-likeness (QED) is 0.354. The number of aryl methyl sites for hydroxylation is 3. The van der Waals surface area contributed by atoms with Crippen molar-refractivity contribution in [3.05, 3.63) is 63.0 Å². The Kier molecular flexibility index (Phi) is 5.25. The van der Waals surface area contributed by atoms with Crippen LogP contribution in [0.4, 0.5) is 0 Å². The second-order valence-corrected chi connectivity index (χ2v) is 7.65. The van der Waals surface area contributed by atoms with Gasteiger partial charge in [-0.15, -0.1) is 5.10 Å². The normalized spacial score (nSPS) is 11.3. The van der Waals surface area contributed by atoms with E-state index in [1.54, 1.807) is 16.8 Å². The number of hydrogen-bond donors (Lipinski definition) is 0. The Morgan fingerprint density at radius 1 is 1.20 bits per heavy atom. The van der Waals surface area contributed by atoms with Crippen molar-refractivity contribution in [2.75, 3.05) is 6.26 Å². The van der Waals surface area contributed by atoms with Crippen LogP contribution in [-0.4, -0.2) is 41.2 Å². The number of ether oxygens (including phenoxy) is 1. The van der Waals surface area contributed by atoms with E-state index in [2.05, 4.69) is 20.1 Å². The number of carbonyl (C=O) groups is 1. The molecule has 0 atom stereocenters. The van der Waals surface area contributed by atoms with Crippen LogP contribution in [0.1, 0.15) is 28.2 Å². The van der Waals surface area contributed by atoms with Crippen LogP contribution in [0.2, 0.25) is 0 Å². The summed E-state index contributed by atoms with van der Waals surface area (Å²) in [7, 11) is 0. The van der Waals surface area contributed by atoms with Gasteiger partial charge in [-0.25, -0.2) is 14.5 Å². The van der Waals surface area contributed by atoms with Crippen LogP contribution in [0.15, 0.2) is 34.3 Å². The average Bonchev–Trinajstić information content (AvgIpc) is 3.13. The van der Waals surface area contributed by atoms with E-state index < -0.39 is 5.97 Å². The Morgan fingerprint density at radius 2 is 2.00 bits per heavy atom. The molecule has 0 saturated carbocycles. The number of nitrogens with zero attached hydrogens (tertiary/aromatic N) is 6. The Hall–Kier alpha value is -3.27. The summed E-state index contributed by atoms with van der Waals surface area (Å²) in [6.07, 6.45) is 3.60. The number of carbonyl (C=O) groups excluding carboxylic acids is 1. The van der Waals surface area contributed by atoms with E-state index in [0.29, 0.717) is 28.0 Å². The van der Waals surface area contributed by atoms with Gasteiger partial charge in [0.15, 0.2) is 0 Å². The number of esters is 1.